The normalized spacial score (nSPS) is 30.1. The van der Waals surface area contributed by atoms with Gasteiger partial charge in [0.25, 0.3) is 0 Å². The summed E-state index contributed by atoms with van der Waals surface area (Å²) in [7, 11) is 0. The number of aliphatic hydroxyl groups is 1. The number of aliphatic carboxylic acids is 1. The second kappa shape index (κ2) is 5.21. The van der Waals surface area contributed by atoms with Crippen LogP contribution in [0.25, 0.3) is 0 Å². The van der Waals surface area contributed by atoms with E-state index >= 15 is 0 Å². The van der Waals surface area contributed by atoms with Crippen LogP contribution >= 0.6 is 0 Å². The largest absolute Gasteiger partial charge is 0.481 e. The number of carboxylic acids is 1. The minimum Gasteiger partial charge on any atom is -0.481 e. The average Bonchev–Trinajstić information content (AvgIpc) is 2.63. The van der Waals surface area contributed by atoms with Gasteiger partial charge in [0, 0.05) is 0 Å². The number of benzene rings is 1. The van der Waals surface area contributed by atoms with Crippen molar-refractivity contribution in [2.45, 2.75) is 46.1 Å². The second-order valence-corrected chi connectivity index (χ2v) is 6.76. The van der Waals surface area contributed by atoms with Gasteiger partial charge in [0.15, 0.2) is 0 Å². The lowest BCUT2D eigenvalue weighted by Gasteiger charge is -2.40. The predicted molar refractivity (Wildman–Crippen MR) is 78.4 cm³/mol. The smallest absolute Gasteiger partial charge is 0.309 e. The molecule has 2 N–H and O–H groups in total. The van der Waals surface area contributed by atoms with Crippen LogP contribution in [0.3, 0.4) is 0 Å². The maximum atomic E-state index is 11.6. The maximum Gasteiger partial charge on any atom is 0.309 e. The molecule has 1 aromatic rings. The van der Waals surface area contributed by atoms with Gasteiger partial charge < -0.3 is 10.2 Å². The molecule has 1 fully saturated rings. The Balaban J connectivity index is 2.16. The van der Waals surface area contributed by atoms with E-state index in [1.807, 2.05) is 51.1 Å². The van der Waals surface area contributed by atoms with E-state index in [-0.39, 0.29) is 5.92 Å². The van der Waals surface area contributed by atoms with Crippen molar-refractivity contribution < 1.29 is 15.0 Å². The molecule has 0 aromatic heterocycles. The lowest BCUT2D eigenvalue weighted by atomic mass is 9.64. The molecule has 110 valence electrons. The fourth-order valence-electron chi connectivity index (χ4n) is 3.59. The van der Waals surface area contributed by atoms with Crippen LogP contribution < -0.4 is 0 Å². The highest BCUT2D eigenvalue weighted by atomic mass is 16.4. The Labute approximate surface area is 120 Å². The molecule has 0 unspecified atom stereocenters. The van der Waals surface area contributed by atoms with Crippen LogP contribution in [-0.4, -0.2) is 22.3 Å². The highest BCUT2D eigenvalue weighted by Crippen LogP contribution is 2.57. The summed E-state index contributed by atoms with van der Waals surface area (Å²) in [5.74, 6) is -0.735. The summed E-state index contributed by atoms with van der Waals surface area (Å²) in [4.78, 5) is 11.6. The van der Waals surface area contributed by atoms with Gasteiger partial charge in [-0.05, 0) is 43.1 Å². The summed E-state index contributed by atoms with van der Waals surface area (Å²) >= 11 is 0. The van der Waals surface area contributed by atoms with Gasteiger partial charge in [-0.3, -0.25) is 4.79 Å². The van der Waals surface area contributed by atoms with E-state index in [2.05, 4.69) is 0 Å². The Morgan fingerprint density at radius 1 is 1.30 bits per heavy atom. The molecule has 3 heteroatoms. The zero-order chi connectivity index (χ0) is 15.0. The zero-order valence-electron chi connectivity index (χ0n) is 12.5. The van der Waals surface area contributed by atoms with E-state index in [0.717, 1.165) is 12.0 Å². The fraction of sp³-hybridized carbons (Fsp3) is 0.588. The van der Waals surface area contributed by atoms with Gasteiger partial charge >= 0.3 is 5.97 Å². The lowest BCUT2D eigenvalue weighted by Crippen LogP contribution is -2.44. The molecule has 1 aliphatic rings. The minimum atomic E-state index is -0.755. The molecule has 0 radical (unpaired) electrons. The van der Waals surface area contributed by atoms with Gasteiger partial charge in [-0.15, -0.1) is 0 Å². The van der Waals surface area contributed by atoms with Crippen LogP contribution in [0.4, 0.5) is 0 Å². The van der Waals surface area contributed by atoms with Crippen LogP contribution in [0.15, 0.2) is 30.3 Å². The Kier molecular flexibility index (Phi) is 3.92. The van der Waals surface area contributed by atoms with Crippen LogP contribution in [0.2, 0.25) is 0 Å². The summed E-state index contributed by atoms with van der Waals surface area (Å²) in [6, 6.07) is 9.88. The summed E-state index contributed by atoms with van der Waals surface area (Å²) < 4.78 is 0. The minimum absolute atomic E-state index is 0.0174. The third-order valence-corrected chi connectivity index (χ3v) is 5.53. The van der Waals surface area contributed by atoms with E-state index in [4.69, 9.17) is 0 Å². The predicted octanol–water partition coefficient (Wildman–Crippen LogP) is 3.12. The Morgan fingerprint density at radius 3 is 2.40 bits per heavy atom. The molecule has 0 heterocycles. The van der Waals surface area contributed by atoms with Crippen molar-refractivity contribution in [3.8, 4) is 0 Å². The number of hydrogen-bond acceptors (Lipinski definition) is 2. The summed E-state index contributed by atoms with van der Waals surface area (Å²) in [6.07, 6.45) is 1.49. The molecule has 1 aliphatic carbocycles. The molecular weight excluding hydrogens is 252 g/mol. The third-order valence-electron chi connectivity index (χ3n) is 5.53. The monoisotopic (exact) mass is 276 g/mol. The number of rotatable bonds is 4. The number of carboxylic acid groups (broad SMARTS) is 1. The first kappa shape index (κ1) is 15.0. The molecule has 20 heavy (non-hydrogen) atoms. The molecule has 1 aromatic carbocycles. The number of carbonyl (C=O) groups is 1. The van der Waals surface area contributed by atoms with Gasteiger partial charge in [-0.25, -0.2) is 0 Å². The lowest BCUT2D eigenvalue weighted by molar-refractivity contribution is -0.155. The Morgan fingerprint density at radius 2 is 1.90 bits per heavy atom. The molecule has 0 aliphatic heterocycles. The molecule has 3 atom stereocenters. The van der Waals surface area contributed by atoms with Crippen LogP contribution in [0.5, 0.6) is 0 Å². The maximum absolute atomic E-state index is 11.6. The molecule has 0 saturated heterocycles. The fourth-order valence-corrected chi connectivity index (χ4v) is 3.59. The standard InChI is InChI=1S/C17H24O3/c1-16(2)13(9-10-17(16,3)15(19)20)14(18)11-12-7-5-4-6-8-12/h4-8,13-14,18H,9-11H2,1-3H3,(H,19,20)/t13-,14-,17-/m1/s1. The average molecular weight is 276 g/mol. The Hall–Kier alpha value is -1.35. The number of aliphatic hydroxyl groups excluding tert-OH is 1. The van der Waals surface area contributed by atoms with E-state index in [0.29, 0.717) is 12.8 Å². The van der Waals surface area contributed by atoms with Gasteiger partial charge in [-0.1, -0.05) is 44.2 Å². The molecule has 3 nitrogen and oxygen atoms in total. The van der Waals surface area contributed by atoms with E-state index in [1.165, 1.54) is 0 Å². The first-order valence-electron chi connectivity index (χ1n) is 7.24. The second-order valence-electron chi connectivity index (χ2n) is 6.76. The van der Waals surface area contributed by atoms with Crippen molar-refractivity contribution >= 4 is 5.97 Å². The van der Waals surface area contributed by atoms with Crippen molar-refractivity contribution in [2.75, 3.05) is 0 Å². The Bertz CT molecular complexity index is 480. The van der Waals surface area contributed by atoms with Gasteiger partial charge in [-0.2, -0.15) is 0 Å². The molecular formula is C17H24O3. The van der Waals surface area contributed by atoms with Crippen molar-refractivity contribution in [2.24, 2.45) is 16.7 Å². The molecule has 0 bridgehead atoms. The molecule has 2 rings (SSSR count). The summed E-state index contributed by atoms with van der Waals surface area (Å²) in [6.45, 7) is 5.77. The van der Waals surface area contributed by atoms with E-state index in [1.54, 1.807) is 0 Å². The molecule has 0 amide bonds. The zero-order valence-corrected chi connectivity index (χ0v) is 12.5. The molecule has 0 spiro atoms. The van der Waals surface area contributed by atoms with Gasteiger partial charge in [0.05, 0.1) is 11.5 Å². The summed E-state index contributed by atoms with van der Waals surface area (Å²) in [5, 5.41) is 20.1. The van der Waals surface area contributed by atoms with Crippen LogP contribution in [0.1, 0.15) is 39.2 Å². The quantitative estimate of drug-likeness (QED) is 0.888. The van der Waals surface area contributed by atoms with Crippen molar-refractivity contribution in [3.05, 3.63) is 35.9 Å². The van der Waals surface area contributed by atoms with Crippen molar-refractivity contribution in [3.63, 3.8) is 0 Å². The van der Waals surface area contributed by atoms with Gasteiger partial charge in [0.2, 0.25) is 0 Å². The highest BCUT2D eigenvalue weighted by Gasteiger charge is 2.57. The van der Waals surface area contributed by atoms with Crippen LogP contribution in [0, 0.1) is 16.7 Å². The van der Waals surface area contributed by atoms with E-state index in [9.17, 15) is 15.0 Å². The highest BCUT2D eigenvalue weighted by molar-refractivity contribution is 5.75. The van der Waals surface area contributed by atoms with E-state index < -0.39 is 22.9 Å². The topological polar surface area (TPSA) is 57.5 Å². The first-order valence-corrected chi connectivity index (χ1v) is 7.24. The molecule has 1 saturated carbocycles. The van der Waals surface area contributed by atoms with Crippen LogP contribution in [-0.2, 0) is 11.2 Å². The summed E-state index contributed by atoms with van der Waals surface area (Å²) in [5.41, 5.74) is -0.0674. The van der Waals surface area contributed by atoms with Crippen molar-refractivity contribution in [1.29, 1.82) is 0 Å². The SMILES string of the molecule is CC1(C)[C@@H]([C@H](O)Cc2ccccc2)CC[C@]1(C)C(=O)O. The first-order chi connectivity index (χ1) is 9.29. The number of hydrogen-bond donors (Lipinski definition) is 2. The van der Waals surface area contributed by atoms with Gasteiger partial charge in [0.1, 0.15) is 0 Å². The third kappa shape index (κ3) is 2.35. The van der Waals surface area contributed by atoms with Crippen molar-refractivity contribution in [1.82, 2.24) is 0 Å².